The van der Waals surface area contributed by atoms with Gasteiger partial charge < -0.3 is 20.7 Å². The van der Waals surface area contributed by atoms with Crippen molar-refractivity contribution in [3.8, 4) is 0 Å². The van der Waals surface area contributed by atoms with Crippen LogP contribution >= 0.6 is 15.9 Å². The van der Waals surface area contributed by atoms with Crippen molar-refractivity contribution < 1.29 is 9.53 Å². The molecule has 7 nitrogen and oxygen atoms in total. The average molecular weight is 667 g/mol. The molecule has 8 heteroatoms. The first-order valence-electron chi connectivity index (χ1n) is 15.5. The third-order valence-electron chi connectivity index (χ3n) is 8.44. The Morgan fingerprint density at radius 3 is 2.02 bits per heavy atom. The Hall–Kier alpha value is -4.14. The number of ether oxygens (including phenoxy) is 1. The summed E-state index contributed by atoms with van der Waals surface area (Å²) in [5.74, 6) is 0. The molecule has 1 aliphatic heterocycles. The molecule has 1 fully saturated rings. The van der Waals surface area contributed by atoms with Crippen LogP contribution in [0.25, 0.3) is 10.9 Å². The minimum Gasteiger partial charge on any atom is -0.444 e. The van der Waals surface area contributed by atoms with Crippen LogP contribution in [-0.2, 0) is 16.8 Å². The second-order valence-corrected chi connectivity index (χ2v) is 13.5. The Morgan fingerprint density at radius 2 is 1.49 bits per heavy atom. The smallest absolute Gasteiger partial charge is 0.410 e. The van der Waals surface area contributed by atoms with Crippen LogP contribution in [0, 0.1) is 0 Å². The first-order valence-corrected chi connectivity index (χ1v) is 16.3. The zero-order valence-corrected chi connectivity index (χ0v) is 27.6. The van der Waals surface area contributed by atoms with Crippen molar-refractivity contribution in [3.63, 3.8) is 0 Å². The van der Waals surface area contributed by atoms with E-state index < -0.39 is 11.1 Å². The Labute approximate surface area is 273 Å². The van der Waals surface area contributed by atoms with E-state index in [-0.39, 0.29) is 12.1 Å². The molecule has 0 saturated carbocycles. The van der Waals surface area contributed by atoms with Gasteiger partial charge in [0.1, 0.15) is 15.7 Å². The van der Waals surface area contributed by atoms with Crippen molar-refractivity contribution in [2.24, 2.45) is 0 Å². The fourth-order valence-corrected chi connectivity index (χ4v) is 6.87. The summed E-state index contributed by atoms with van der Waals surface area (Å²) in [6, 6.07) is 35.8. The van der Waals surface area contributed by atoms with Gasteiger partial charge in [0.2, 0.25) is 0 Å². The van der Waals surface area contributed by atoms with Crippen LogP contribution in [0.1, 0.15) is 55.9 Å². The molecule has 1 unspecified atom stereocenters. The van der Waals surface area contributed by atoms with Crippen LogP contribution in [0.4, 0.5) is 10.5 Å². The largest absolute Gasteiger partial charge is 0.444 e. The fourth-order valence-electron chi connectivity index (χ4n) is 6.39. The lowest BCUT2D eigenvalue weighted by Crippen LogP contribution is -2.49. The minimum atomic E-state index is -0.756. The molecular weight excluding hydrogens is 626 g/mol. The molecule has 1 aliphatic rings. The summed E-state index contributed by atoms with van der Waals surface area (Å²) >= 11 is 3.81. The van der Waals surface area contributed by atoms with E-state index in [4.69, 9.17) is 15.6 Å². The van der Waals surface area contributed by atoms with Gasteiger partial charge in [0.25, 0.3) is 0 Å². The van der Waals surface area contributed by atoms with Gasteiger partial charge in [0.15, 0.2) is 0 Å². The summed E-state index contributed by atoms with van der Waals surface area (Å²) < 4.78 is 8.48. The number of carbonyl (C=O) groups is 1. The molecule has 1 aromatic heterocycles. The predicted molar refractivity (Wildman–Crippen MR) is 184 cm³/mol. The Bertz CT molecular complexity index is 1670. The molecule has 6 rings (SSSR count). The van der Waals surface area contributed by atoms with Crippen LogP contribution in [0.3, 0.4) is 0 Å². The van der Waals surface area contributed by atoms with Gasteiger partial charge in [-0.05, 0) is 83.9 Å². The number of nitrogens with two attached hydrogens (primary N) is 1. The Kier molecular flexibility index (Phi) is 8.71. The predicted octanol–water partition coefficient (Wildman–Crippen LogP) is 7.71. The van der Waals surface area contributed by atoms with E-state index in [1.807, 2.05) is 45.0 Å². The van der Waals surface area contributed by atoms with Crippen LogP contribution in [-0.4, -0.2) is 45.5 Å². The van der Waals surface area contributed by atoms with Crippen LogP contribution in [0.2, 0.25) is 0 Å². The molecule has 4 aromatic carbocycles. The van der Waals surface area contributed by atoms with E-state index in [1.54, 1.807) is 4.90 Å². The van der Waals surface area contributed by atoms with Gasteiger partial charge in [0.05, 0.1) is 5.52 Å². The van der Waals surface area contributed by atoms with Crippen molar-refractivity contribution in [2.45, 2.75) is 57.3 Å². The molecule has 3 N–H and O–H groups in total. The normalized spacial score (nSPS) is 15.7. The SMILES string of the molecule is CC(C)(C)OC(=O)N1CCCC(NCc2cc3c(Br)nn(C(c4ccccc4)(c4ccccc4)c4ccccc4)c3cc2N)C1. The van der Waals surface area contributed by atoms with Gasteiger partial charge in [0, 0.05) is 36.7 Å². The van der Waals surface area contributed by atoms with Crippen LogP contribution in [0.15, 0.2) is 108 Å². The lowest BCUT2D eigenvalue weighted by Gasteiger charge is -2.37. The zero-order valence-electron chi connectivity index (χ0n) is 26.0. The van der Waals surface area contributed by atoms with Gasteiger partial charge in [-0.3, -0.25) is 0 Å². The Morgan fingerprint density at radius 1 is 0.933 bits per heavy atom. The molecule has 1 saturated heterocycles. The molecule has 5 aromatic rings. The number of carbonyl (C=O) groups excluding carboxylic acids is 1. The van der Waals surface area contributed by atoms with Crippen molar-refractivity contribution >= 4 is 38.6 Å². The summed E-state index contributed by atoms with van der Waals surface area (Å²) in [6.07, 6.45) is 1.64. The van der Waals surface area contributed by atoms with Crippen molar-refractivity contribution in [1.82, 2.24) is 20.0 Å². The monoisotopic (exact) mass is 665 g/mol. The molecular formula is C37H40BrN5O2. The number of nitrogen functional groups attached to an aromatic ring is 1. The van der Waals surface area contributed by atoms with Gasteiger partial charge in [-0.25, -0.2) is 9.48 Å². The number of fused-ring (bicyclic) bond motifs is 1. The van der Waals surface area contributed by atoms with E-state index >= 15 is 0 Å². The summed E-state index contributed by atoms with van der Waals surface area (Å²) in [7, 11) is 0. The first-order chi connectivity index (χ1) is 21.7. The van der Waals surface area contributed by atoms with E-state index in [0.717, 1.165) is 50.6 Å². The lowest BCUT2D eigenvalue weighted by molar-refractivity contribution is 0.0187. The molecule has 0 spiro atoms. The van der Waals surface area contributed by atoms with E-state index in [9.17, 15) is 4.79 Å². The van der Waals surface area contributed by atoms with E-state index in [0.29, 0.717) is 25.3 Å². The second-order valence-electron chi connectivity index (χ2n) is 12.7. The van der Waals surface area contributed by atoms with Crippen molar-refractivity contribution in [3.05, 3.63) is 130 Å². The number of hydrogen-bond acceptors (Lipinski definition) is 5. The number of nitrogens with zero attached hydrogens (tertiary/aromatic N) is 3. The third kappa shape index (κ3) is 6.22. The van der Waals surface area contributed by atoms with Crippen LogP contribution in [0.5, 0.6) is 0 Å². The number of likely N-dealkylation sites (tertiary alicyclic amines) is 1. The first kappa shape index (κ1) is 30.9. The van der Waals surface area contributed by atoms with E-state index in [2.05, 4.69) is 105 Å². The summed E-state index contributed by atoms with van der Waals surface area (Å²) in [6.45, 7) is 7.58. The van der Waals surface area contributed by atoms with E-state index in [1.165, 1.54) is 0 Å². The maximum absolute atomic E-state index is 12.7. The number of nitrogens with one attached hydrogen (secondary N) is 1. The van der Waals surface area contributed by atoms with Gasteiger partial charge in [-0.15, -0.1) is 0 Å². The van der Waals surface area contributed by atoms with Gasteiger partial charge in [-0.2, -0.15) is 5.10 Å². The highest BCUT2D eigenvalue weighted by molar-refractivity contribution is 9.10. The summed E-state index contributed by atoms with van der Waals surface area (Å²) in [5, 5.41) is 9.81. The molecule has 1 atom stereocenters. The highest BCUT2D eigenvalue weighted by Gasteiger charge is 2.41. The number of amides is 1. The third-order valence-corrected chi connectivity index (χ3v) is 9.03. The summed E-state index contributed by atoms with van der Waals surface area (Å²) in [4.78, 5) is 14.5. The van der Waals surface area contributed by atoms with Gasteiger partial charge >= 0.3 is 6.09 Å². The Balaban J connectivity index is 1.38. The highest BCUT2D eigenvalue weighted by atomic mass is 79.9. The topological polar surface area (TPSA) is 85.4 Å². The summed E-state index contributed by atoms with van der Waals surface area (Å²) in [5.41, 5.74) is 11.4. The molecule has 232 valence electrons. The number of rotatable bonds is 7. The zero-order chi connectivity index (χ0) is 31.6. The number of halogens is 1. The number of anilines is 1. The molecule has 0 radical (unpaired) electrons. The number of aromatic nitrogens is 2. The molecule has 2 heterocycles. The number of benzene rings is 4. The molecule has 45 heavy (non-hydrogen) atoms. The average Bonchev–Trinajstić information content (AvgIpc) is 3.36. The standard InChI is InChI=1S/C37H40BrN5O2/c1-36(2,3)45-35(44)42-21-13-20-30(25-42)40-24-26-22-31-33(23-32(26)39)43(41-34(31)38)37(27-14-7-4-8-15-27,28-16-9-5-10-17-28)29-18-11-6-12-19-29/h4-12,14-19,22-23,30,40H,13,20-21,24-25,39H2,1-3H3. The number of piperidine rings is 1. The maximum Gasteiger partial charge on any atom is 0.410 e. The molecule has 0 bridgehead atoms. The van der Waals surface area contributed by atoms with Crippen molar-refractivity contribution in [1.29, 1.82) is 0 Å². The lowest BCUT2D eigenvalue weighted by atomic mass is 9.77. The second kappa shape index (κ2) is 12.7. The quantitative estimate of drug-likeness (QED) is 0.137. The fraction of sp³-hybridized carbons (Fsp3) is 0.297. The molecule has 1 amide bonds. The molecule has 0 aliphatic carbocycles. The highest BCUT2D eigenvalue weighted by Crippen LogP contribution is 2.44. The van der Waals surface area contributed by atoms with Crippen molar-refractivity contribution in [2.75, 3.05) is 18.8 Å². The minimum absolute atomic E-state index is 0.148. The van der Waals surface area contributed by atoms with Gasteiger partial charge in [-0.1, -0.05) is 91.0 Å². The number of hydrogen-bond donors (Lipinski definition) is 2. The van der Waals surface area contributed by atoms with Crippen LogP contribution < -0.4 is 11.1 Å². The maximum atomic E-state index is 12.7.